The van der Waals surface area contributed by atoms with Gasteiger partial charge in [-0.25, -0.2) is 9.37 Å². The molecule has 0 aliphatic heterocycles. The average molecular weight is 750 g/mol. The lowest BCUT2D eigenvalue weighted by atomic mass is 9.88. The van der Waals surface area contributed by atoms with Gasteiger partial charge >= 0.3 is 0 Å². The number of benzene rings is 3. The van der Waals surface area contributed by atoms with Gasteiger partial charge in [0.05, 0.1) is 24.3 Å². The van der Waals surface area contributed by atoms with Gasteiger partial charge in [0, 0.05) is 11.6 Å². The van der Waals surface area contributed by atoms with Crippen molar-refractivity contribution in [2.24, 2.45) is 5.10 Å². The van der Waals surface area contributed by atoms with Crippen molar-refractivity contribution in [1.29, 1.82) is 0 Å². The summed E-state index contributed by atoms with van der Waals surface area (Å²) in [4.78, 5) is 30.6. The molecule has 3 aromatic carbocycles. The minimum atomic E-state index is -0.371. The molecule has 4 aromatic rings. The van der Waals surface area contributed by atoms with E-state index in [1.807, 2.05) is 30.3 Å². The van der Waals surface area contributed by atoms with Gasteiger partial charge in [0.25, 0.3) is 11.5 Å². The van der Waals surface area contributed by atoms with Crippen LogP contribution in [0.5, 0.6) is 5.75 Å². The van der Waals surface area contributed by atoms with Crippen molar-refractivity contribution in [3.05, 3.63) is 95.4 Å². The third-order valence-electron chi connectivity index (χ3n) is 6.57. The zero-order valence-corrected chi connectivity index (χ0v) is 25.2. The maximum atomic E-state index is 13.4. The Balaban J connectivity index is 1.37. The first-order valence-electron chi connectivity index (χ1n) is 12.6. The lowest BCUT2D eigenvalue weighted by Crippen LogP contribution is -2.25. The van der Waals surface area contributed by atoms with Crippen LogP contribution in [0.2, 0.25) is 0 Å². The number of carbonyl (C=O) groups excluding carboxylic acids is 1. The molecule has 200 valence electrons. The van der Waals surface area contributed by atoms with Crippen LogP contribution in [0.4, 0.5) is 10.1 Å². The molecule has 1 saturated carbocycles. The van der Waals surface area contributed by atoms with E-state index < -0.39 is 0 Å². The van der Waals surface area contributed by atoms with Crippen LogP contribution in [0.15, 0.2) is 70.6 Å². The van der Waals surface area contributed by atoms with Crippen molar-refractivity contribution in [1.82, 2.24) is 9.66 Å². The van der Waals surface area contributed by atoms with Gasteiger partial charge in [-0.15, -0.1) is 0 Å². The fourth-order valence-electron chi connectivity index (χ4n) is 4.66. The van der Waals surface area contributed by atoms with Gasteiger partial charge in [-0.1, -0.05) is 31.4 Å². The summed E-state index contributed by atoms with van der Waals surface area (Å²) in [5, 5.41) is 7.84. The third-order valence-corrected chi connectivity index (χ3v) is 8.17. The van der Waals surface area contributed by atoms with Crippen LogP contribution in [-0.4, -0.2) is 28.4 Å². The highest BCUT2D eigenvalue weighted by Gasteiger charge is 2.22. The van der Waals surface area contributed by atoms with Gasteiger partial charge < -0.3 is 10.1 Å². The number of nitrogens with zero attached hydrogens (tertiary/aromatic N) is 3. The molecule has 1 amide bonds. The molecule has 1 aliphatic carbocycles. The summed E-state index contributed by atoms with van der Waals surface area (Å²) in [5.41, 5.74) is 1.81. The summed E-state index contributed by atoms with van der Waals surface area (Å²) >= 11 is 4.31. The smallest absolute Gasteiger partial charge is 0.282 e. The largest absolute Gasteiger partial charge is 0.482 e. The molecule has 0 atom stereocenters. The average Bonchev–Trinajstić information content (AvgIpc) is 2.94. The second-order valence-electron chi connectivity index (χ2n) is 9.34. The fraction of sp³-hybridized carbons (Fsp3) is 0.241. The quantitative estimate of drug-likeness (QED) is 0.169. The molecule has 1 N–H and O–H groups in total. The van der Waals surface area contributed by atoms with Crippen molar-refractivity contribution < 1.29 is 13.9 Å². The number of carbonyl (C=O) groups is 1. The molecule has 0 spiro atoms. The van der Waals surface area contributed by atoms with Crippen molar-refractivity contribution in [2.75, 3.05) is 11.9 Å². The molecule has 5 rings (SSSR count). The van der Waals surface area contributed by atoms with Crippen LogP contribution in [-0.2, 0) is 4.79 Å². The predicted octanol–water partition coefficient (Wildman–Crippen LogP) is 6.69. The molecule has 1 aromatic heterocycles. The van der Waals surface area contributed by atoms with Gasteiger partial charge in [0.1, 0.15) is 17.4 Å². The lowest BCUT2D eigenvalue weighted by Gasteiger charge is -2.22. The molecule has 0 saturated heterocycles. The standard InChI is InChI=1S/C29H25FI2N4O3/c30-20-10-12-21(13-11-20)34-26(37)17-39-27-23(31)14-18(15-24(27)32)16-33-36-28(19-6-2-1-3-7-19)35-25-9-5-4-8-22(25)29(36)38/h4-5,8-16,19H,1-3,6-7,17H2,(H,34,37). The fourth-order valence-corrected chi connectivity index (χ4v) is 6.79. The number of fused-ring (bicyclic) bond motifs is 1. The van der Waals surface area contributed by atoms with Gasteiger partial charge in [0.2, 0.25) is 0 Å². The Bertz CT molecular complexity index is 1580. The highest BCUT2D eigenvalue weighted by atomic mass is 127. The molecular formula is C29H25FI2N4O3. The maximum absolute atomic E-state index is 13.4. The molecule has 0 bridgehead atoms. The van der Waals surface area contributed by atoms with Gasteiger partial charge in [0.15, 0.2) is 6.61 Å². The Morgan fingerprint density at radius 3 is 2.49 bits per heavy atom. The van der Waals surface area contributed by atoms with Crippen molar-refractivity contribution in [3.8, 4) is 5.75 Å². The van der Waals surface area contributed by atoms with E-state index in [0.29, 0.717) is 28.2 Å². The number of hydrogen-bond acceptors (Lipinski definition) is 5. The third kappa shape index (κ3) is 6.65. The van der Waals surface area contributed by atoms with E-state index in [1.54, 1.807) is 12.3 Å². The number of halogens is 3. The van der Waals surface area contributed by atoms with Crippen LogP contribution in [0, 0.1) is 13.0 Å². The van der Waals surface area contributed by atoms with Crippen LogP contribution in [0.25, 0.3) is 10.9 Å². The van der Waals surface area contributed by atoms with E-state index in [-0.39, 0.29) is 29.8 Å². The molecule has 7 nitrogen and oxygen atoms in total. The number of ether oxygens (including phenoxy) is 1. The summed E-state index contributed by atoms with van der Waals surface area (Å²) in [6, 6.07) is 16.7. The SMILES string of the molecule is O=C(COc1c(I)cc(C=Nn2c(C3CCCCC3)nc3ccccc3c2=O)cc1I)Nc1ccc(F)cc1. The second-order valence-corrected chi connectivity index (χ2v) is 11.7. The van der Waals surface area contributed by atoms with Crippen LogP contribution >= 0.6 is 45.2 Å². The second kappa shape index (κ2) is 12.5. The van der Waals surface area contributed by atoms with Crippen molar-refractivity contribution in [3.63, 3.8) is 0 Å². The Labute approximate surface area is 252 Å². The first kappa shape index (κ1) is 27.7. The number of amides is 1. The highest BCUT2D eigenvalue weighted by Crippen LogP contribution is 2.32. The van der Waals surface area contributed by atoms with Crippen LogP contribution in [0.1, 0.15) is 49.4 Å². The number of para-hydroxylation sites is 1. The lowest BCUT2D eigenvalue weighted by molar-refractivity contribution is -0.118. The Hall–Kier alpha value is -2.87. The zero-order chi connectivity index (χ0) is 27.4. The first-order valence-corrected chi connectivity index (χ1v) is 14.8. The molecular weight excluding hydrogens is 725 g/mol. The molecule has 1 fully saturated rings. The van der Waals surface area contributed by atoms with Crippen LogP contribution < -0.4 is 15.6 Å². The Kier molecular flexibility index (Phi) is 8.90. The number of nitrogens with one attached hydrogen (secondary N) is 1. The Morgan fingerprint density at radius 1 is 1.08 bits per heavy atom. The zero-order valence-electron chi connectivity index (χ0n) is 20.9. The Morgan fingerprint density at radius 2 is 1.77 bits per heavy atom. The molecule has 1 heterocycles. The normalized spacial score (nSPS) is 14.1. The minimum Gasteiger partial charge on any atom is -0.482 e. The number of hydrogen-bond donors (Lipinski definition) is 1. The van der Waals surface area contributed by atoms with E-state index in [1.165, 1.54) is 35.4 Å². The molecule has 0 unspecified atom stereocenters. The molecule has 1 aliphatic rings. The molecule has 39 heavy (non-hydrogen) atoms. The summed E-state index contributed by atoms with van der Waals surface area (Å²) in [6.45, 7) is -0.195. The van der Waals surface area contributed by atoms with E-state index >= 15 is 0 Å². The van der Waals surface area contributed by atoms with E-state index in [4.69, 9.17) is 9.72 Å². The van der Waals surface area contributed by atoms with Crippen molar-refractivity contribution >= 4 is 73.9 Å². The van der Waals surface area contributed by atoms with E-state index in [2.05, 4.69) is 55.6 Å². The minimum absolute atomic E-state index is 0.172. The number of aromatic nitrogens is 2. The van der Waals surface area contributed by atoms with E-state index in [0.717, 1.165) is 38.4 Å². The first-order chi connectivity index (χ1) is 18.9. The summed E-state index contributed by atoms with van der Waals surface area (Å²) in [7, 11) is 0. The van der Waals surface area contributed by atoms with Crippen LogP contribution in [0.3, 0.4) is 0 Å². The summed E-state index contributed by atoms with van der Waals surface area (Å²) in [6.07, 6.45) is 7.11. The topological polar surface area (TPSA) is 85.6 Å². The van der Waals surface area contributed by atoms with E-state index in [9.17, 15) is 14.0 Å². The van der Waals surface area contributed by atoms with Gasteiger partial charge in [-0.05, 0) is 112 Å². The van der Waals surface area contributed by atoms with Gasteiger partial charge in [-0.3, -0.25) is 9.59 Å². The molecule has 10 heteroatoms. The molecule has 0 radical (unpaired) electrons. The maximum Gasteiger partial charge on any atom is 0.282 e. The highest BCUT2D eigenvalue weighted by molar-refractivity contribution is 14.1. The number of anilines is 1. The van der Waals surface area contributed by atoms with Crippen molar-refractivity contribution in [2.45, 2.75) is 38.0 Å². The number of rotatable bonds is 7. The monoisotopic (exact) mass is 750 g/mol. The summed E-state index contributed by atoms with van der Waals surface area (Å²) in [5.74, 6) is 0.771. The predicted molar refractivity (Wildman–Crippen MR) is 167 cm³/mol. The summed E-state index contributed by atoms with van der Waals surface area (Å²) < 4.78 is 21.9. The van der Waals surface area contributed by atoms with Gasteiger partial charge in [-0.2, -0.15) is 9.78 Å².